The van der Waals surface area contributed by atoms with Gasteiger partial charge in [0.25, 0.3) is 0 Å². The molecule has 0 spiro atoms. The molecule has 1 aliphatic rings. The highest BCUT2D eigenvalue weighted by Crippen LogP contribution is 2.32. The average molecular weight is 285 g/mol. The van der Waals surface area contributed by atoms with Crippen molar-refractivity contribution < 1.29 is 4.79 Å². The van der Waals surface area contributed by atoms with Gasteiger partial charge in [0, 0.05) is 23.2 Å². The summed E-state index contributed by atoms with van der Waals surface area (Å²) in [5.41, 5.74) is 2.07. The smallest absolute Gasteiger partial charge is 0.161 e. The van der Waals surface area contributed by atoms with Crippen molar-refractivity contribution in [3.8, 4) is 0 Å². The lowest BCUT2D eigenvalue weighted by Gasteiger charge is -2.30. The van der Waals surface area contributed by atoms with Gasteiger partial charge in [-0.05, 0) is 63.3 Å². The van der Waals surface area contributed by atoms with Crippen molar-refractivity contribution in [2.75, 3.05) is 20.1 Å². The van der Waals surface area contributed by atoms with Gasteiger partial charge in [0.2, 0.25) is 0 Å². The number of rotatable bonds is 3. The Hall–Kier alpha value is -2.01. The number of aromatic nitrogens is 1. The fourth-order valence-electron chi connectivity index (χ4n) is 3.15. The Bertz CT molecular complexity index is 697. The molecule has 0 atom stereocenters. The molecule has 1 aliphatic heterocycles. The van der Waals surface area contributed by atoms with Crippen molar-refractivity contribution >= 4 is 22.4 Å². The molecule has 2 heterocycles. The fraction of sp³-hybridized carbons (Fsp3) is 0.438. The number of benzene rings is 1. The number of likely N-dealkylation sites (tertiary alicyclic amines) is 1. The second kappa shape index (κ2) is 5.41. The number of ketones is 1. The third kappa shape index (κ3) is 2.49. The van der Waals surface area contributed by atoms with Crippen LogP contribution in [0.15, 0.2) is 29.6 Å². The van der Waals surface area contributed by atoms with E-state index in [1.165, 1.54) is 0 Å². The SMILES string of the molecule is CC(=O)c1cn(C2CCN(C)CC2)c2cc(N=O)ccc12. The van der Waals surface area contributed by atoms with E-state index in [0.717, 1.165) is 42.4 Å². The molecule has 3 rings (SSSR count). The van der Waals surface area contributed by atoms with Crippen LogP contribution in [0.2, 0.25) is 0 Å². The maximum atomic E-state index is 11.9. The van der Waals surface area contributed by atoms with Gasteiger partial charge in [-0.15, -0.1) is 4.91 Å². The van der Waals surface area contributed by atoms with Crippen LogP contribution >= 0.6 is 0 Å². The summed E-state index contributed by atoms with van der Waals surface area (Å²) >= 11 is 0. The van der Waals surface area contributed by atoms with E-state index in [-0.39, 0.29) is 5.78 Å². The number of Topliss-reactive ketones (excluding diaryl/α,β-unsaturated/α-hetero) is 1. The summed E-state index contributed by atoms with van der Waals surface area (Å²) in [4.78, 5) is 25.0. The Kier molecular flexibility index (Phi) is 3.59. The summed E-state index contributed by atoms with van der Waals surface area (Å²) in [7, 11) is 2.12. The third-order valence-corrected chi connectivity index (χ3v) is 4.38. The van der Waals surface area contributed by atoms with E-state index in [1.54, 1.807) is 19.1 Å². The summed E-state index contributed by atoms with van der Waals surface area (Å²) in [5.74, 6) is 0.0542. The number of piperidine rings is 1. The Balaban J connectivity index is 2.12. The minimum Gasteiger partial charge on any atom is -0.344 e. The van der Waals surface area contributed by atoms with Crippen LogP contribution in [0.25, 0.3) is 10.9 Å². The van der Waals surface area contributed by atoms with Gasteiger partial charge in [-0.3, -0.25) is 4.79 Å². The maximum absolute atomic E-state index is 11.9. The quantitative estimate of drug-likeness (QED) is 0.640. The predicted molar refractivity (Wildman–Crippen MR) is 83.2 cm³/mol. The number of carbonyl (C=O) groups excluding carboxylic acids is 1. The lowest BCUT2D eigenvalue weighted by molar-refractivity contribution is 0.101. The van der Waals surface area contributed by atoms with Crippen LogP contribution < -0.4 is 0 Å². The molecular weight excluding hydrogens is 266 g/mol. The molecule has 1 saturated heterocycles. The van der Waals surface area contributed by atoms with Crippen LogP contribution in [-0.2, 0) is 0 Å². The minimum atomic E-state index is 0.0542. The predicted octanol–water partition coefficient (Wildman–Crippen LogP) is 3.51. The van der Waals surface area contributed by atoms with Crippen molar-refractivity contribution in [1.29, 1.82) is 0 Å². The van der Waals surface area contributed by atoms with Crippen LogP contribution in [0.3, 0.4) is 0 Å². The van der Waals surface area contributed by atoms with Crippen LogP contribution in [-0.4, -0.2) is 35.4 Å². The molecule has 0 amide bonds. The van der Waals surface area contributed by atoms with Gasteiger partial charge in [-0.2, -0.15) is 0 Å². The number of nitroso groups, excluding NO2 is 1. The second-order valence-corrected chi connectivity index (χ2v) is 5.83. The van der Waals surface area contributed by atoms with Gasteiger partial charge in [0.15, 0.2) is 5.78 Å². The lowest BCUT2D eigenvalue weighted by atomic mass is 10.1. The van der Waals surface area contributed by atoms with E-state index in [1.807, 2.05) is 12.3 Å². The number of carbonyl (C=O) groups is 1. The Labute approximate surface area is 123 Å². The zero-order valence-electron chi connectivity index (χ0n) is 12.4. The van der Waals surface area contributed by atoms with E-state index < -0.39 is 0 Å². The number of fused-ring (bicyclic) bond motifs is 1. The number of hydrogen-bond acceptors (Lipinski definition) is 4. The summed E-state index contributed by atoms with van der Waals surface area (Å²) in [6.07, 6.45) is 4.05. The monoisotopic (exact) mass is 285 g/mol. The molecular formula is C16H19N3O2. The first kappa shape index (κ1) is 13.9. The molecule has 5 nitrogen and oxygen atoms in total. The zero-order chi connectivity index (χ0) is 15.0. The number of nitrogens with zero attached hydrogens (tertiary/aromatic N) is 3. The van der Waals surface area contributed by atoms with Gasteiger partial charge in [0.1, 0.15) is 5.69 Å². The van der Waals surface area contributed by atoms with Crippen molar-refractivity contribution in [2.45, 2.75) is 25.8 Å². The van der Waals surface area contributed by atoms with E-state index in [0.29, 0.717) is 11.7 Å². The van der Waals surface area contributed by atoms with Crippen molar-refractivity contribution in [3.05, 3.63) is 34.9 Å². The zero-order valence-corrected chi connectivity index (χ0v) is 12.4. The Morgan fingerprint density at radius 3 is 2.62 bits per heavy atom. The molecule has 2 aromatic rings. The van der Waals surface area contributed by atoms with Gasteiger partial charge in [-0.1, -0.05) is 0 Å². The van der Waals surface area contributed by atoms with Crippen LogP contribution in [0.5, 0.6) is 0 Å². The molecule has 0 saturated carbocycles. The van der Waals surface area contributed by atoms with Crippen LogP contribution in [0.4, 0.5) is 5.69 Å². The van der Waals surface area contributed by atoms with Gasteiger partial charge in [0.05, 0.1) is 5.52 Å². The minimum absolute atomic E-state index is 0.0542. The van der Waals surface area contributed by atoms with Crippen molar-refractivity contribution in [3.63, 3.8) is 0 Å². The maximum Gasteiger partial charge on any atom is 0.161 e. The van der Waals surface area contributed by atoms with Crippen molar-refractivity contribution in [1.82, 2.24) is 9.47 Å². The largest absolute Gasteiger partial charge is 0.344 e. The van der Waals surface area contributed by atoms with Crippen molar-refractivity contribution in [2.24, 2.45) is 5.18 Å². The molecule has 0 bridgehead atoms. The molecule has 0 N–H and O–H groups in total. The van der Waals surface area contributed by atoms with Gasteiger partial charge in [-0.25, -0.2) is 0 Å². The Morgan fingerprint density at radius 2 is 2.00 bits per heavy atom. The van der Waals surface area contributed by atoms with Crippen LogP contribution in [0.1, 0.15) is 36.2 Å². The summed E-state index contributed by atoms with van der Waals surface area (Å²) in [6.45, 7) is 3.68. The van der Waals surface area contributed by atoms with E-state index in [9.17, 15) is 9.70 Å². The Morgan fingerprint density at radius 1 is 1.29 bits per heavy atom. The summed E-state index contributed by atoms with van der Waals surface area (Å²) in [5, 5.41) is 3.93. The van der Waals surface area contributed by atoms with Gasteiger partial charge < -0.3 is 9.47 Å². The molecule has 5 heteroatoms. The first-order valence-electron chi connectivity index (χ1n) is 7.27. The first-order chi connectivity index (χ1) is 10.1. The normalized spacial score (nSPS) is 17.2. The van der Waals surface area contributed by atoms with Gasteiger partial charge >= 0.3 is 0 Å². The topological polar surface area (TPSA) is 54.7 Å². The van der Waals surface area contributed by atoms with E-state index >= 15 is 0 Å². The molecule has 1 aromatic heterocycles. The molecule has 110 valence electrons. The van der Waals surface area contributed by atoms with E-state index in [2.05, 4.69) is 21.7 Å². The lowest BCUT2D eigenvalue weighted by Crippen LogP contribution is -2.31. The first-order valence-corrected chi connectivity index (χ1v) is 7.27. The highest BCUT2D eigenvalue weighted by Gasteiger charge is 2.22. The van der Waals surface area contributed by atoms with Crippen LogP contribution in [0, 0.1) is 4.91 Å². The number of hydrogen-bond donors (Lipinski definition) is 0. The van der Waals surface area contributed by atoms with E-state index in [4.69, 9.17) is 0 Å². The summed E-state index contributed by atoms with van der Waals surface area (Å²) < 4.78 is 2.16. The second-order valence-electron chi connectivity index (χ2n) is 5.83. The molecule has 0 radical (unpaired) electrons. The standard InChI is InChI=1S/C16H19N3O2/c1-11(20)15-10-19(13-5-7-18(2)8-6-13)16-9-12(17-21)3-4-14(15)16/h3-4,9-10,13H,5-8H2,1-2H3. The molecule has 1 aromatic carbocycles. The summed E-state index contributed by atoms with van der Waals surface area (Å²) in [6, 6.07) is 5.65. The third-order valence-electron chi connectivity index (χ3n) is 4.38. The molecule has 21 heavy (non-hydrogen) atoms. The highest BCUT2D eigenvalue weighted by atomic mass is 16.3. The highest BCUT2D eigenvalue weighted by molar-refractivity contribution is 6.07. The molecule has 1 fully saturated rings. The molecule has 0 aliphatic carbocycles. The average Bonchev–Trinajstić information content (AvgIpc) is 2.87. The fourth-order valence-corrected chi connectivity index (χ4v) is 3.15. The molecule has 0 unspecified atom stereocenters.